The molecule has 2 N–H and O–H groups in total. The summed E-state index contributed by atoms with van der Waals surface area (Å²) in [5, 5.41) is 4.92. The number of amides is 3. The van der Waals surface area contributed by atoms with Gasteiger partial charge in [-0.25, -0.2) is 17.6 Å². The molecule has 3 aliphatic rings. The molecule has 170 valence electrons. The molecule has 1 aliphatic heterocycles. The summed E-state index contributed by atoms with van der Waals surface area (Å²) in [7, 11) is -3.28. The first-order valence-corrected chi connectivity index (χ1v) is 12.7. The molecule has 1 spiro atoms. The van der Waals surface area contributed by atoms with Gasteiger partial charge in [0, 0.05) is 0 Å². The second-order valence-electron chi connectivity index (χ2n) is 9.37. The predicted molar refractivity (Wildman–Crippen MR) is 113 cm³/mol. The van der Waals surface area contributed by atoms with Crippen molar-refractivity contribution in [1.29, 1.82) is 0 Å². The van der Waals surface area contributed by atoms with Gasteiger partial charge in [0.1, 0.15) is 5.54 Å². The third-order valence-electron chi connectivity index (χ3n) is 6.56. The molecule has 1 atom stereocenters. The average molecular weight is 453 g/mol. The molecule has 31 heavy (non-hydrogen) atoms. The van der Waals surface area contributed by atoms with Gasteiger partial charge in [0.25, 0.3) is 5.91 Å². The van der Waals surface area contributed by atoms with E-state index in [9.17, 15) is 22.4 Å². The minimum atomic E-state index is -3.28. The summed E-state index contributed by atoms with van der Waals surface area (Å²) >= 11 is 0. The number of sulfone groups is 1. The van der Waals surface area contributed by atoms with Crippen molar-refractivity contribution in [3.8, 4) is 5.75 Å². The van der Waals surface area contributed by atoms with Crippen LogP contribution in [0.3, 0.4) is 0 Å². The van der Waals surface area contributed by atoms with Crippen molar-refractivity contribution >= 4 is 21.8 Å². The number of nitrogens with one attached hydrogen (secondary N) is 2. The lowest BCUT2D eigenvalue weighted by molar-refractivity contribution is -0.128. The maximum absolute atomic E-state index is 14.0. The molecule has 1 saturated heterocycles. The molecular weight excluding hydrogens is 423 g/mol. The molecule has 1 aromatic carbocycles. The summed E-state index contributed by atoms with van der Waals surface area (Å²) in [5.74, 6) is 0.0267. The highest BCUT2D eigenvalue weighted by molar-refractivity contribution is 7.91. The predicted octanol–water partition coefficient (Wildman–Crippen LogP) is 2.90. The van der Waals surface area contributed by atoms with E-state index >= 15 is 0 Å². The van der Waals surface area contributed by atoms with E-state index in [1.807, 2.05) is 6.92 Å². The monoisotopic (exact) mass is 452 g/mol. The van der Waals surface area contributed by atoms with Gasteiger partial charge in [-0.3, -0.25) is 10.1 Å². The molecule has 3 fully saturated rings. The summed E-state index contributed by atoms with van der Waals surface area (Å²) in [5.41, 5.74) is -0.0310. The van der Waals surface area contributed by atoms with E-state index in [-0.39, 0.29) is 35.0 Å². The maximum atomic E-state index is 14.0. The molecule has 2 saturated carbocycles. The molecular formula is C22H29FN2O5S. The SMILES string of the molecule is C[C@@H](CS(=O)(=O)CCCC1CC2(C1)NC(=O)NC2=O)c1ccc(F)c(OCC2CC2)c1. The van der Waals surface area contributed by atoms with Gasteiger partial charge >= 0.3 is 6.03 Å². The number of benzene rings is 1. The molecule has 1 heterocycles. The number of urea groups is 1. The molecule has 9 heteroatoms. The normalized spacial score (nSPS) is 26.3. The largest absolute Gasteiger partial charge is 0.490 e. The molecule has 2 aliphatic carbocycles. The average Bonchev–Trinajstić information content (AvgIpc) is 3.43. The van der Waals surface area contributed by atoms with Crippen LogP contribution < -0.4 is 15.4 Å². The first-order valence-electron chi connectivity index (χ1n) is 10.9. The van der Waals surface area contributed by atoms with E-state index in [0.717, 1.165) is 18.4 Å². The van der Waals surface area contributed by atoms with Crippen LogP contribution in [0.1, 0.15) is 56.9 Å². The molecule has 0 unspecified atom stereocenters. The van der Waals surface area contributed by atoms with Crippen LogP contribution in [0, 0.1) is 17.7 Å². The number of ether oxygens (including phenoxy) is 1. The number of rotatable bonds is 10. The fourth-order valence-corrected chi connectivity index (χ4v) is 6.25. The van der Waals surface area contributed by atoms with E-state index in [4.69, 9.17) is 4.74 Å². The van der Waals surface area contributed by atoms with E-state index in [1.54, 1.807) is 12.1 Å². The van der Waals surface area contributed by atoms with Crippen molar-refractivity contribution in [1.82, 2.24) is 10.6 Å². The fraction of sp³-hybridized carbons (Fsp3) is 0.636. The Balaban J connectivity index is 1.23. The highest BCUT2D eigenvalue weighted by Gasteiger charge is 2.54. The Morgan fingerprint density at radius 3 is 2.61 bits per heavy atom. The fourth-order valence-electron chi connectivity index (χ4n) is 4.53. The van der Waals surface area contributed by atoms with Gasteiger partial charge in [0.2, 0.25) is 0 Å². The van der Waals surface area contributed by atoms with E-state index in [2.05, 4.69) is 10.6 Å². The minimum absolute atomic E-state index is 0.00619. The van der Waals surface area contributed by atoms with Gasteiger partial charge in [-0.2, -0.15) is 0 Å². The second-order valence-corrected chi connectivity index (χ2v) is 11.6. The Kier molecular flexibility index (Phi) is 5.98. The third kappa shape index (κ3) is 5.19. The van der Waals surface area contributed by atoms with Crippen LogP contribution in [-0.2, 0) is 14.6 Å². The van der Waals surface area contributed by atoms with Crippen LogP contribution in [0.25, 0.3) is 0 Å². The lowest BCUT2D eigenvalue weighted by Crippen LogP contribution is -2.56. The Hall–Kier alpha value is -2.16. The van der Waals surface area contributed by atoms with Crippen molar-refractivity contribution in [2.45, 2.75) is 56.9 Å². The number of carbonyl (C=O) groups excluding carboxylic acids is 2. The number of carbonyl (C=O) groups is 2. The molecule has 3 amide bonds. The topological polar surface area (TPSA) is 102 Å². The molecule has 0 aromatic heterocycles. The van der Waals surface area contributed by atoms with Crippen LogP contribution in [0.2, 0.25) is 0 Å². The number of halogens is 1. The number of hydrogen-bond acceptors (Lipinski definition) is 5. The minimum Gasteiger partial charge on any atom is -0.490 e. The Morgan fingerprint density at radius 2 is 1.97 bits per heavy atom. The van der Waals surface area contributed by atoms with Crippen LogP contribution in [0.15, 0.2) is 18.2 Å². The highest BCUT2D eigenvalue weighted by Crippen LogP contribution is 2.42. The van der Waals surface area contributed by atoms with Crippen LogP contribution in [0.5, 0.6) is 5.75 Å². The second kappa shape index (κ2) is 8.41. The first-order chi connectivity index (χ1) is 14.7. The van der Waals surface area contributed by atoms with E-state index in [1.165, 1.54) is 6.07 Å². The number of imide groups is 1. The lowest BCUT2D eigenvalue weighted by atomic mass is 9.67. The zero-order valence-corrected chi connectivity index (χ0v) is 18.5. The van der Waals surface area contributed by atoms with Gasteiger partial charge in [0.05, 0.1) is 18.1 Å². The van der Waals surface area contributed by atoms with Gasteiger partial charge in [0.15, 0.2) is 21.4 Å². The molecule has 7 nitrogen and oxygen atoms in total. The van der Waals surface area contributed by atoms with Gasteiger partial charge < -0.3 is 10.1 Å². The summed E-state index contributed by atoms with van der Waals surface area (Å²) in [6.45, 7) is 2.33. The first kappa shape index (κ1) is 22.0. The third-order valence-corrected chi connectivity index (χ3v) is 8.47. The molecule has 4 rings (SSSR count). The Bertz CT molecular complexity index is 970. The zero-order valence-electron chi connectivity index (χ0n) is 17.7. The quantitative estimate of drug-likeness (QED) is 0.532. The lowest BCUT2D eigenvalue weighted by Gasteiger charge is -2.42. The van der Waals surface area contributed by atoms with Crippen molar-refractivity contribution in [2.24, 2.45) is 11.8 Å². The summed E-state index contributed by atoms with van der Waals surface area (Å²) in [4.78, 5) is 23.1. The molecule has 1 aromatic rings. The Morgan fingerprint density at radius 1 is 1.23 bits per heavy atom. The van der Waals surface area contributed by atoms with Crippen LogP contribution >= 0.6 is 0 Å². The van der Waals surface area contributed by atoms with E-state index in [0.29, 0.717) is 38.2 Å². The van der Waals surface area contributed by atoms with Gasteiger partial charge in [-0.15, -0.1) is 0 Å². The summed E-state index contributed by atoms with van der Waals surface area (Å²) in [6, 6.07) is 4.12. The number of hydrogen-bond donors (Lipinski definition) is 2. The summed E-state index contributed by atoms with van der Waals surface area (Å²) in [6.07, 6.45) is 4.55. The summed E-state index contributed by atoms with van der Waals surface area (Å²) < 4.78 is 44.7. The van der Waals surface area contributed by atoms with Crippen molar-refractivity contribution < 1.29 is 27.1 Å². The van der Waals surface area contributed by atoms with Crippen molar-refractivity contribution in [3.63, 3.8) is 0 Å². The van der Waals surface area contributed by atoms with Gasteiger partial charge in [-0.05, 0) is 74.0 Å². The standard InChI is InChI=1S/C22H29FN2O5S/c1-14(17-6-7-18(23)19(9-17)30-12-15-4-5-15)13-31(28,29)8-2-3-16-10-22(11-16)20(26)24-21(27)25-22/h6-7,9,14-16H,2-5,8,10-13H2,1H3,(H2,24,25,26,27)/t14-,16?,22?/m0/s1. The Labute approximate surface area is 182 Å². The maximum Gasteiger partial charge on any atom is 0.322 e. The van der Waals surface area contributed by atoms with E-state index < -0.39 is 27.2 Å². The van der Waals surface area contributed by atoms with Crippen molar-refractivity contribution in [3.05, 3.63) is 29.6 Å². The molecule has 0 radical (unpaired) electrons. The van der Waals surface area contributed by atoms with Crippen molar-refractivity contribution in [2.75, 3.05) is 18.1 Å². The highest BCUT2D eigenvalue weighted by atomic mass is 32.2. The van der Waals surface area contributed by atoms with Crippen LogP contribution in [-0.4, -0.2) is 44.0 Å². The molecule has 0 bridgehead atoms. The zero-order chi connectivity index (χ0) is 22.2. The smallest absolute Gasteiger partial charge is 0.322 e. The van der Waals surface area contributed by atoms with Crippen LogP contribution in [0.4, 0.5) is 9.18 Å². The van der Waals surface area contributed by atoms with Gasteiger partial charge in [-0.1, -0.05) is 13.0 Å².